The van der Waals surface area contributed by atoms with Crippen LogP contribution in [-0.2, 0) is 16.2 Å². The summed E-state index contributed by atoms with van der Waals surface area (Å²) >= 11 is 0. The van der Waals surface area contributed by atoms with Crippen LogP contribution in [0, 0.1) is 0 Å². The number of aromatic amines is 6. The standard InChI is InChI=1S/C69H84N6O3/c1-10-13-16-19-34-76-52-40-46-37-47(41-52)56-23-29-62(71-56)68(6,7)64-31-25-58(73-64)49-39-51(45-54(43-49)78-36-21-18-15-12-3)60-27-33-66(75-60)69(8,9)65-32-26-59(74-65)50-38-48(42-53(44-50)77-35-20-17-14-11-2)57-24-30-63(72-57)67(4,5)61-28-22-55(46)70-61/h22-33,37-45,70-75H,10-21,34-36H2,1-9H3. The lowest BCUT2D eigenvalue weighted by molar-refractivity contribution is 0.305. The molecule has 408 valence electrons. The van der Waals surface area contributed by atoms with Gasteiger partial charge in [0.25, 0.3) is 0 Å². The number of benzene rings is 3. The molecule has 9 aromatic rings. The summed E-state index contributed by atoms with van der Waals surface area (Å²) in [5.74, 6) is 2.60. The van der Waals surface area contributed by atoms with Gasteiger partial charge in [-0.3, -0.25) is 0 Å². The lowest BCUT2D eigenvalue weighted by Crippen LogP contribution is -2.20. The molecule has 0 saturated heterocycles. The third kappa shape index (κ3) is 11.8. The van der Waals surface area contributed by atoms with Gasteiger partial charge in [-0.15, -0.1) is 0 Å². The fraction of sp³-hybridized carbons (Fsp3) is 0.391. The number of hydrogen-bond donors (Lipinski definition) is 6. The van der Waals surface area contributed by atoms with Crippen LogP contribution >= 0.6 is 0 Å². The molecule has 0 fully saturated rings. The molecule has 0 spiro atoms. The zero-order valence-corrected chi connectivity index (χ0v) is 48.0. The molecule has 0 aliphatic carbocycles. The SMILES string of the molecule is CCCCCCOc1cc2cc(c1)-c1ccc([nH]1)C(C)(C)c1ccc([nH]1)-c1cc(OCCCCCC)cc(c1)-c1ccc([nH]1)C(C)(C)c1ccc([nH]1)-c1cc(OCCCCCC)cc(c1)-c1ccc([nH]1)C(C)(C)c1ccc-2[nH]1. The van der Waals surface area contributed by atoms with Gasteiger partial charge < -0.3 is 44.1 Å². The van der Waals surface area contributed by atoms with Crippen molar-refractivity contribution >= 4 is 0 Å². The van der Waals surface area contributed by atoms with Gasteiger partial charge in [-0.05, 0) is 188 Å². The Morgan fingerprint density at radius 1 is 0.269 bits per heavy atom. The number of rotatable bonds is 18. The summed E-state index contributed by atoms with van der Waals surface area (Å²) in [7, 11) is 0. The number of unbranched alkanes of at least 4 members (excludes halogenated alkanes) is 9. The third-order valence-corrected chi connectivity index (χ3v) is 16.5. The van der Waals surface area contributed by atoms with E-state index in [4.69, 9.17) is 14.2 Å². The highest BCUT2D eigenvalue weighted by atomic mass is 16.5. The van der Waals surface area contributed by atoms with Crippen molar-refractivity contribution in [1.82, 2.24) is 29.9 Å². The van der Waals surface area contributed by atoms with Crippen LogP contribution in [0.5, 0.6) is 17.2 Å². The highest BCUT2D eigenvalue weighted by Gasteiger charge is 2.31. The molecular formula is C69H84N6O3. The van der Waals surface area contributed by atoms with Crippen LogP contribution in [0.3, 0.4) is 0 Å². The van der Waals surface area contributed by atoms with E-state index in [1.165, 1.54) is 38.5 Å². The molecule has 9 heteroatoms. The van der Waals surface area contributed by atoms with Crippen molar-refractivity contribution in [3.8, 4) is 84.8 Å². The Kier molecular flexibility index (Phi) is 16.2. The van der Waals surface area contributed by atoms with Gasteiger partial charge in [0.2, 0.25) is 0 Å². The molecule has 7 heterocycles. The number of nitrogens with one attached hydrogen (secondary N) is 6. The molecule has 10 rings (SSSR count). The van der Waals surface area contributed by atoms with Crippen LogP contribution in [-0.4, -0.2) is 49.7 Å². The first-order valence-corrected chi connectivity index (χ1v) is 29.3. The summed E-state index contributed by atoms with van der Waals surface area (Å²) in [4.78, 5) is 23.2. The fourth-order valence-electron chi connectivity index (χ4n) is 11.1. The number of hydrogen-bond acceptors (Lipinski definition) is 3. The van der Waals surface area contributed by atoms with Gasteiger partial charge in [0.15, 0.2) is 0 Å². The smallest absolute Gasteiger partial charge is 0.120 e. The van der Waals surface area contributed by atoms with Crippen LogP contribution in [0.2, 0.25) is 0 Å². The first-order valence-electron chi connectivity index (χ1n) is 29.3. The largest absolute Gasteiger partial charge is 0.494 e. The molecule has 6 N–H and O–H groups in total. The summed E-state index contributed by atoms with van der Waals surface area (Å²) in [6, 6.07) is 46.6. The van der Waals surface area contributed by atoms with E-state index < -0.39 is 0 Å². The first kappa shape index (κ1) is 54.1. The van der Waals surface area contributed by atoms with Gasteiger partial charge in [0.1, 0.15) is 17.2 Å². The number of aromatic nitrogens is 6. The average molecular weight is 1050 g/mol. The molecule has 6 aromatic heterocycles. The summed E-state index contributed by atoms with van der Waals surface area (Å²) in [6.45, 7) is 22.5. The normalized spacial score (nSPS) is 14.3. The maximum atomic E-state index is 6.57. The summed E-state index contributed by atoms with van der Waals surface area (Å²) < 4.78 is 19.7. The predicted octanol–water partition coefficient (Wildman–Crippen LogP) is 18.8. The average Bonchev–Trinajstić information content (AvgIpc) is 4.43. The zero-order chi connectivity index (χ0) is 54.4. The van der Waals surface area contributed by atoms with Crippen LogP contribution < -0.4 is 14.2 Å². The van der Waals surface area contributed by atoms with Gasteiger partial charge >= 0.3 is 0 Å². The second kappa shape index (κ2) is 23.4. The minimum absolute atomic E-state index is 0.370. The molecule has 1 aliphatic rings. The first-order chi connectivity index (χ1) is 37.7. The molecule has 78 heavy (non-hydrogen) atoms. The topological polar surface area (TPSA) is 122 Å². The van der Waals surface area contributed by atoms with Crippen LogP contribution in [0.4, 0.5) is 0 Å². The summed E-state index contributed by atoms with van der Waals surface area (Å²) in [6.07, 6.45) is 13.8. The quantitative estimate of drug-likeness (QED) is 0.0480. The van der Waals surface area contributed by atoms with E-state index in [1.54, 1.807) is 0 Å². The molecular weight excluding hydrogens is 961 g/mol. The van der Waals surface area contributed by atoms with E-state index in [1.807, 2.05) is 0 Å². The Balaban J connectivity index is 1.08. The molecule has 0 amide bonds. The van der Waals surface area contributed by atoms with Crippen molar-refractivity contribution in [1.29, 1.82) is 0 Å². The molecule has 9 nitrogen and oxygen atoms in total. The molecule has 0 radical (unpaired) electrons. The monoisotopic (exact) mass is 1040 g/mol. The maximum Gasteiger partial charge on any atom is 0.120 e. The molecule has 0 unspecified atom stereocenters. The van der Waals surface area contributed by atoms with Crippen LogP contribution in [0.1, 0.15) is 174 Å². The fourth-order valence-corrected chi connectivity index (χ4v) is 11.1. The second-order valence-corrected chi connectivity index (χ2v) is 23.6. The van der Waals surface area contributed by atoms with E-state index in [2.05, 4.69) is 220 Å². The van der Waals surface area contributed by atoms with Gasteiger partial charge in [-0.1, -0.05) is 78.6 Å². The van der Waals surface area contributed by atoms with E-state index in [-0.39, 0.29) is 16.2 Å². The van der Waals surface area contributed by atoms with Gasteiger partial charge in [-0.2, -0.15) is 0 Å². The van der Waals surface area contributed by atoms with Crippen molar-refractivity contribution in [2.45, 2.75) is 156 Å². The van der Waals surface area contributed by atoms with Gasteiger partial charge in [0, 0.05) is 118 Å². The second-order valence-electron chi connectivity index (χ2n) is 23.6. The van der Waals surface area contributed by atoms with E-state index >= 15 is 0 Å². The Hall–Kier alpha value is -7.26. The van der Waals surface area contributed by atoms with E-state index in [0.29, 0.717) is 19.8 Å². The Bertz CT molecular complexity index is 2870. The van der Waals surface area contributed by atoms with E-state index in [0.717, 1.165) is 157 Å². The highest BCUT2D eigenvalue weighted by molar-refractivity contribution is 5.76. The Morgan fingerprint density at radius 2 is 0.474 bits per heavy atom. The van der Waals surface area contributed by atoms with Gasteiger partial charge in [-0.25, -0.2) is 0 Å². The zero-order valence-electron chi connectivity index (χ0n) is 48.0. The van der Waals surface area contributed by atoms with Crippen molar-refractivity contribution in [3.05, 3.63) is 162 Å². The van der Waals surface area contributed by atoms with Crippen LogP contribution in [0.25, 0.3) is 67.5 Å². The molecule has 1 aliphatic heterocycles. The number of ether oxygens (including phenoxy) is 3. The van der Waals surface area contributed by atoms with Crippen LogP contribution in [0.15, 0.2) is 127 Å². The molecule has 3 aromatic carbocycles. The lowest BCUT2D eigenvalue weighted by Gasteiger charge is -2.23. The predicted molar refractivity (Wildman–Crippen MR) is 323 cm³/mol. The molecule has 0 atom stereocenters. The maximum absolute atomic E-state index is 6.57. The Labute approximate surface area is 463 Å². The van der Waals surface area contributed by atoms with Gasteiger partial charge in [0.05, 0.1) is 19.8 Å². The van der Waals surface area contributed by atoms with Crippen molar-refractivity contribution in [2.24, 2.45) is 0 Å². The van der Waals surface area contributed by atoms with E-state index in [9.17, 15) is 0 Å². The van der Waals surface area contributed by atoms with Crippen molar-refractivity contribution in [3.63, 3.8) is 0 Å². The highest BCUT2D eigenvalue weighted by Crippen LogP contribution is 2.42. The summed E-state index contributed by atoms with van der Waals surface area (Å²) in [5.41, 5.74) is 18.3. The van der Waals surface area contributed by atoms with Crippen molar-refractivity contribution < 1.29 is 14.2 Å². The Morgan fingerprint density at radius 3 is 0.667 bits per heavy atom. The number of fused-ring (bicyclic) bond motifs is 24. The lowest BCUT2D eigenvalue weighted by atomic mass is 9.86. The molecule has 0 saturated carbocycles. The minimum atomic E-state index is -0.370. The molecule has 18 bridgehead atoms. The summed E-state index contributed by atoms with van der Waals surface area (Å²) in [5, 5.41) is 0. The minimum Gasteiger partial charge on any atom is -0.494 e. The number of H-pyrrole nitrogens is 6. The van der Waals surface area contributed by atoms with Crippen molar-refractivity contribution in [2.75, 3.05) is 19.8 Å². The third-order valence-electron chi connectivity index (χ3n) is 16.5.